The summed E-state index contributed by atoms with van der Waals surface area (Å²) in [6.45, 7) is 4.63. The van der Waals surface area contributed by atoms with E-state index in [1.165, 1.54) is 0 Å². The molecule has 2 aliphatic rings. The number of nitrogens with zero attached hydrogens (tertiary/aromatic N) is 1. The lowest BCUT2D eigenvalue weighted by molar-refractivity contribution is -0.137. The van der Waals surface area contributed by atoms with Gasteiger partial charge < -0.3 is 29.7 Å². The number of halogens is 3. The molecule has 1 heterocycles. The Morgan fingerprint density at radius 3 is 2.37 bits per heavy atom. The molecule has 46 heavy (non-hydrogen) atoms. The summed E-state index contributed by atoms with van der Waals surface area (Å²) in [6.07, 6.45) is 2.93. The molecule has 244 valence electrons. The van der Waals surface area contributed by atoms with Crippen LogP contribution in [-0.4, -0.2) is 56.3 Å². The maximum absolute atomic E-state index is 14.2. The van der Waals surface area contributed by atoms with Crippen LogP contribution in [0.2, 0.25) is 10.0 Å². The molecule has 2 atom stereocenters. The van der Waals surface area contributed by atoms with E-state index in [0.29, 0.717) is 42.1 Å². The molecule has 1 aliphatic carbocycles. The number of methoxy groups -OCH3 is 1. The molecule has 0 bridgehead atoms. The molecule has 1 amide bonds. The van der Waals surface area contributed by atoms with Crippen molar-refractivity contribution in [2.75, 3.05) is 38.7 Å². The third-order valence-electron chi connectivity index (χ3n) is 8.52. The number of anilines is 1. The molecule has 1 saturated carbocycles. The second-order valence-corrected chi connectivity index (χ2v) is 12.6. The highest BCUT2D eigenvalue weighted by atomic mass is 35.5. The molecular weight excluding hydrogens is 645 g/mol. The van der Waals surface area contributed by atoms with Crippen LogP contribution in [0, 0.1) is 12.8 Å². The van der Waals surface area contributed by atoms with Crippen LogP contribution in [0.3, 0.4) is 0 Å². The van der Waals surface area contributed by atoms with Crippen molar-refractivity contribution in [3.8, 4) is 17.2 Å². The van der Waals surface area contributed by atoms with Gasteiger partial charge in [0.25, 0.3) is 0 Å². The standard InChI is InChI=1S/C36H39Cl2N3O4.ClH/c1-23-19-31(37)35(32(38)20-23)45-18-17-44-28-13-9-26(10-14-28)40-33-15-16-39-21-30(33)36(42)41(27-11-12-27)22-25-8-7-24-5-3-4-6-29(24)34(25)43-2;/h3-10,13-14,19-20,27,30,33,39-40H,11-12,15-18,21-22H2,1-2H3;1H/t30?,33-;/m0./s1. The highest BCUT2D eigenvalue weighted by molar-refractivity contribution is 6.37. The van der Waals surface area contributed by atoms with Gasteiger partial charge in [-0.05, 0) is 80.1 Å². The number of piperidine rings is 1. The average Bonchev–Trinajstić information content (AvgIpc) is 3.89. The summed E-state index contributed by atoms with van der Waals surface area (Å²) in [5.41, 5.74) is 2.97. The minimum absolute atomic E-state index is 0. The zero-order valence-electron chi connectivity index (χ0n) is 26.1. The van der Waals surface area contributed by atoms with Gasteiger partial charge in [0.15, 0.2) is 5.75 Å². The molecule has 6 rings (SSSR count). The van der Waals surface area contributed by atoms with Crippen molar-refractivity contribution in [3.05, 3.63) is 94.0 Å². The molecule has 0 aromatic heterocycles. The highest BCUT2D eigenvalue weighted by Gasteiger charge is 2.40. The van der Waals surface area contributed by atoms with Gasteiger partial charge in [-0.25, -0.2) is 0 Å². The minimum atomic E-state index is -0.181. The van der Waals surface area contributed by atoms with E-state index < -0.39 is 0 Å². The first kappa shape index (κ1) is 34.0. The number of ether oxygens (including phenoxy) is 3. The topological polar surface area (TPSA) is 72.1 Å². The van der Waals surface area contributed by atoms with Crippen molar-refractivity contribution < 1.29 is 19.0 Å². The van der Waals surface area contributed by atoms with Gasteiger partial charge in [-0.15, -0.1) is 12.4 Å². The number of benzene rings is 4. The first-order valence-corrected chi connectivity index (χ1v) is 16.3. The third kappa shape index (κ3) is 7.95. The maximum Gasteiger partial charge on any atom is 0.229 e. The SMILES string of the molecule is COc1c(CN(C(=O)C2CNCC[C@@H]2Nc2ccc(OCCOc3c(Cl)cc(C)cc3Cl)cc2)C2CC2)ccc2ccccc12.Cl. The Labute approximate surface area is 286 Å². The van der Waals surface area contributed by atoms with Crippen LogP contribution < -0.4 is 24.8 Å². The van der Waals surface area contributed by atoms with E-state index in [9.17, 15) is 4.79 Å². The molecule has 0 radical (unpaired) electrons. The molecule has 4 aromatic rings. The monoisotopic (exact) mass is 683 g/mol. The lowest BCUT2D eigenvalue weighted by Gasteiger charge is -2.36. The number of carbonyl (C=O) groups excluding carboxylic acids is 1. The quantitative estimate of drug-likeness (QED) is 0.148. The van der Waals surface area contributed by atoms with E-state index in [1.54, 1.807) is 7.11 Å². The zero-order chi connectivity index (χ0) is 31.3. The van der Waals surface area contributed by atoms with Gasteiger partial charge in [0, 0.05) is 41.8 Å². The Morgan fingerprint density at radius 1 is 0.935 bits per heavy atom. The molecule has 1 unspecified atom stereocenters. The number of rotatable bonds is 12. The smallest absolute Gasteiger partial charge is 0.229 e. The van der Waals surface area contributed by atoms with E-state index in [4.69, 9.17) is 37.4 Å². The fraction of sp³-hybridized carbons (Fsp3) is 0.361. The Bertz CT molecular complexity index is 1620. The second kappa shape index (κ2) is 15.5. The van der Waals surface area contributed by atoms with Crippen LogP contribution in [0.5, 0.6) is 17.2 Å². The van der Waals surface area contributed by atoms with Crippen molar-refractivity contribution in [3.63, 3.8) is 0 Å². The predicted octanol–water partition coefficient (Wildman–Crippen LogP) is 7.92. The number of aryl methyl sites for hydroxylation is 1. The van der Waals surface area contributed by atoms with Crippen LogP contribution in [0.4, 0.5) is 5.69 Å². The molecule has 0 spiro atoms. The fourth-order valence-corrected chi connectivity index (χ4v) is 6.81. The summed E-state index contributed by atoms with van der Waals surface area (Å²) in [5.74, 6) is 2.05. The Balaban J connectivity index is 0.00000417. The van der Waals surface area contributed by atoms with E-state index in [1.807, 2.05) is 55.5 Å². The van der Waals surface area contributed by atoms with Crippen LogP contribution in [0.1, 0.15) is 30.4 Å². The van der Waals surface area contributed by atoms with E-state index in [-0.39, 0.29) is 36.3 Å². The first-order chi connectivity index (χ1) is 21.9. The second-order valence-electron chi connectivity index (χ2n) is 11.8. The molecule has 7 nitrogen and oxygen atoms in total. The van der Waals surface area contributed by atoms with Gasteiger partial charge in [-0.2, -0.15) is 0 Å². The molecule has 1 aliphatic heterocycles. The summed E-state index contributed by atoms with van der Waals surface area (Å²) in [7, 11) is 1.71. The average molecular weight is 685 g/mol. The van der Waals surface area contributed by atoms with Crippen molar-refractivity contribution in [1.29, 1.82) is 0 Å². The van der Waals surface area contributed by atoms with E-state index in [0.717, 1.165) is 64.9 Å². The predicted molar refractivity (Wildman–Crippen MR) is 188 cm³/mol. The highest BCUT2D eigenvalue weighted by Crippen LogP contribution is 2.36. The summed E-state index contributed by atoms with van der Waals surface area (Å²) in [4.78, 5) is 16.2. The van der Waals surface area contributed by atoms with Gasteiger partial charge >= 0.3 is 0 Å². The molecule has 10 heteroatoms. The lowest BCUT2D eigenvalue weighted by Crippen LogP contribution is -2.52. The van der Waals surface area contributed by atoms with Gasteiger partial charge in [0.05, 0.1) is 23.1 Å². The van der Waals surface area contributed by atoms with Crippen molar-refractivity contribution in [1.82, 2.24) is 10.2 Å². The first-order valence-electron chi connectivity index (χ1n) is 15.5. The molecule has 2 fully saturated rings. The normalized spacial score (nSPS) is 17.6. The lowest BCUT2D eigenvalue weighted by atomic mass is 9.91. The number of nitrogens with one attached hydrogen (secondary N) is 2. The summed E-state index contributed by atoms with van der Waals surface area (Å²) >= 11 is 12.5. The number of hydrogen-bond acceptors (Lipinski definition) is 6. The Morgan fingerprint density at radius 2 is 1.65 bits per heavy atom. The fourth-order valence-electron chi connectivity index (χ4n) is 6.10. The Kier molecular flexibility index (Phi) is 11.4. The number of hydrogen-bond donors (Lipinski definition) is 2. The summed E-state index contributed by atoms with van der Waals surface area (Å²) in [5, 5.41) is 10.3. The van der Waals surface area contributed by atoms with E-state index in [2.05, 4.69) is 39.8 Å². The number of fused-ring (bicyclic) bond motifs is 1. The van der Waals surface area contributed by atoms with Crippen molar-refractivity contribution >= 4 is 58.0 Å². The van der Waals surface area contributed by atoms with Gasteiger partial charge in [0.1, 0.15) is 24.7 Å². The van der Waals surface area contributed by atoms with Crippen LogP contribution in [0.25, 0.3) is 10.8 Å². The minimum Gasteiger partial charge on any atom is -0.496 e. The van der Waals surface area contributed by atoms with Gasteiger partial charge in [-0.3, -0.25) is 4.79 Å². The largest absolute Gasteiger partial charge is 0.496 e. The molecule has 4 aromatic carbocycles. The Hall–Kier alpha value is -3.36. The van der Waals surface area contributed by atoms with Crippen LogP contribution >= 0.6 is 35.6 Å². The van der Waals surface area contributed by atoms with Gasteiger partial charge in [-0.1, -0.05) is 59.6 Å². The van der Waals surface area contributed by atoms with Crippen molar-refractivity contribution in [2.24, 2.45) is 5.92 Å². The van der Waals surface area contributed by atoms with Crippen LogP contribution in [0.15, 0.2) is 72.8 Å². The summed E-state index contributed by atoms with van der Waals surface area (Å²) < 4.78 is 17.5. The zero-order valence-corrected chi connectivity index (χ0v) is 28.4. The number of carbonyl (C=O) groups is 1. The van der Waals surface area contributed by atoms with E-state index >= 15 is 0 Å². The maximum atomic E-state index is 14.2. The van der Waals surface area contributed by atoms with Gasteiger partial charge in [0.2, 0.25) is 5.91 Å². The number of amides is 1. The third-order valence-corrected chi connectivity index (χ3v) is 9.08. The molecular formula is C36H40Cl3N3O4. The van der Waals surface area contributed by atoms with Crippen molar-refractivity contribution in [2.45, 2.75) is 44.8 Å². The van der Waals surface area contributed by atoms with Crippen LogP contribution in [-0.2, 0) is 11.3 Å². The molecule has 2 N–H and O–H groups in total. The molecule has 1 saturated heterocycles. The summed E-state index contributed by atoms with van der Waals surface area (Å²) in [6, 6.07) is 24.2.